The largest absolute Gasteiger partial charge is 0.458 e. The van der Waals surface area contributed by atoms with Gasteiger partial charge in [0.2, 0.25) is 0 Å². The predicted octanol–water partition coefficient (Wildman–Crippen LogP) is 1.75. The van der Waals surface area contributed by atoms with Crippen molar-refractivity contribution in [3.63, 3.8) is 0 Å². The van der Waals surface area contributed by atoms with Gasteiger partial charge in [-0.1, -0.05) is 6.92 Å². The summed E-state index contributed by atoms with van der Waals surface area (Å²) in [5.74, 6) is 0.866. The molecule has 0 unspecified atom stereocenters. The molecule has 4 fully saturated rings. The molecule has 164 valence electrons. The van der Waals surface area contributed by atoms with E-state index < -0.39 is 5.60 Å². The quantitative estimate of drug-likeness (QED) is 0.602. The number of aliphatic hydroxyl groups is 3. The van der Waals surface area contributed by atoms with E-state index in [0.29, 0.717) is 18.4 Å². The number of carbonyl (C=O) groups excluding carboxylic acids is 1. The molecule has 4 aliphatic carbocycles. The van der Waals surface area contributed by atoms with Gasteiger partial charge in [0.1, 0.15) is 6.61 Å². The number of cyclic esters (lactones) is 1. The van der Waals surface area contributed by atoms with Gasteiger partial charge in [0.15, 0.2) is 0 Å². The first kappa shape index (κ1) is 21.3. The summed E-state index contributed by atoms with van der Waals surface area (Å²) in [7, 11) is 0. The molecule has 0 saturated heterocycles. The van der Waals surface area contributed by atoms with Crippen molar-refractivity contribution in [1.82, 2.24) is 0 Å². The van der Waals surface area contributed by atoms with Crippen LogP contribution in [0.2, 0.25) is 0 Å². The normalized spacial score (nSPS) is 51.2. The van der Waals surface area contributed by atoms with Gasteiger partial charge in [0, 0.05) is 18.1 Å². The average Bonchev–Trinajstić information content (AvgIpc) is 3.22. The van der Waals surface area contributed by atoms with E-state index in [4.69, 9.17) is 4.74 Å². The van der Waals surface area contributed by atoms with Gasteiger partial charge in [-0.2, -0.15) is 0 Å². The fourth-order valence-corrected chi connectivity index (χ4v) is 8.49. The second-order valence-corrected chi connectivity index (χ2v) is 10.6. The van der Waals surface area contributed by atoms with E-state index >= 15 is 0 Å². The standard InChI is InChI=1S/C23H34O5.H2O/c1-21-7-5-18-19(3-2-15-11-16(25)4-8-22(15,18)13-24)23(21,27)9-6-17(21)14-10-20(26)28-12-14;/h10,15-19,24-25,27H,2-9,11-13H2,1H3;1H2/t15-,16-,17+,18-,19+,21+,22+,23-;/m0./s1. The lowest BCUT2D eigenvalue weighted by Crippen LogP contribution is -2.63. The minimum atomic E-state index is -0.740. The van der Waals surface area contributed by atoms with Gasteiger partial charge < -0.3 is 25.5 Å². The summed E-state index contributed by atoms with van der Waals surface area (Å²) in [5.41, 5.74) is -0.0431. The van der Waals surface area contributed by atoms with Crippen LogP contribution in [0.4, 0.5) is 0 Å². The molecule has 1 heterocycles. The molecule has 6 nitrogen and oxygen atoms in total. The first-order valence-electron chi connectivity index (χ1n) is 11.2. The maximum Gasteiger partial charge on any atom is 0.331 e. The molecule has 5 N–H and O–H groups in total. The molecule has 0 aromatic carbocycles. The highest BCUT2D eigenvalue weighted by Gasteiger charge is 2.68. The van der Waals surface area contributed by atoms with Crippen LogP contribution in [0.5, 0.6) is 0 Å². The highest BCUT2D eigenvalue weighted by atomic mass is 16.5. The number of fused-ring (bicyclic) bond motifs is 5. The summed E-state index contributed by atoms with van der Waals surface area (Å²) in [5, 5.41) is 32.8. The van der Waals surface area contributed by atoms with Gasteiger partial charge in [-0.3, -0.25) is 0 Å². The molecule has 5 rings (SSSR count). The predicted molar refractivity (Wildman–Crippen MR) is 107 cm³/mol. The molecule has 1 aliphatic heterocycles. The molecule has 0 radical (unpaired) electrons. The van der Waals surface area contributed by atoms with Crippen LogP contribution in [0, 0.1) is 34.5 Å². The summed E-state index contributed by atoms with van der Waals surface area (Å²) in [4.78, 5) is 11.6. The molecule has 6 heteroatoms. The fraction of sp³-hybridized carbons (Fsp3) is 0.870. The van der Waals surface area contributed by atoms with Gasteiger partial charge in [-0.25, -0.2) is 4.79 Å². The molecule has 4 saturated carbocycles. The molecule has 0 bridgehead atoms. The zero-order chi connectivity index (χ0) is 19.7. The zero-order valence-electron chi connectivity index (χ0n) is 17.4. The van der Waals surface area contributed by atoms with Crippen molar-refractivity contribution in [3.8, 4) is 0 Å². The average molecular weight is 409 g/mol. The Hall–Kier alpha value is -0.950. The highest BCUT2D eigenvalue weighted by molar-refractivity contribution is 5.85. The Morgan fingerprint density at radius 2 is 1.90 bits per heavy atom. The first-order chi connectivity index (χ1) is 13.3. The maximum absolute atomic E-state index is 12.1. The maximum atomic E-state index is 12.1. The number of hydrogen-bond acceptors (Lipinski definition) is 5. The molecule has 8 atom stereocenters. The number of hydrogen-bond donors (Lipinski definition) is 3. The van der Waals surface area contributed by atoms with Gasteiger partial charge in [-0.05, 0) is 92.4 Å². The number of rotatable bonds is 2. The molecule has 29 heavy (non-hydrogen) atoms. The fourth-order valence-electron chi connectivity index (χ4n) is 8.49. The van der Waals surface area contributed by atoms with Crippen LogP contribution in [-0.4, -0.2) is 51.7 Å². The highest BCUT2D eigenvalue weighted by Crippen LogP contribution is 2.69. The smallest absolute Gasteiger partial charge is 0.331 e. The molecule has 0 amide bonds. The summed E-state index contributed by atoms with van der Waals surface area (Å²) in [6, 6.07) is 0. The molecule has 5 aliphatic rings. The van der Waals surface area contributed by atoms with E-state index in [1.165, 1.54) is 0 Å². The summed E-state index contributed by atoms with van der Waals surface area (Å²) < 4.78 is 5.19. The van der Waals surface area contributed by atoms with Gasteiger partial charge >= 0.3 is 5.97 Å². The van der Waals surface area contributed by atoms with Crippen molar-refractivity contribution in [1.29, 1.82) is 0 Å². The Labute approximate surface area is 172 Å². The van der Waals surface area contributed by atoms with E-state index in [-0.39, 0.29) is 46.8 Å². The SMILES string of the molecule is C[C@]12CC[C@H]3[C@@H](CC[C@H]4C[C@@H](O)CC[C@@]43CO)[C@@]1(O)CC[C@@H]2C1=CC(=O)OC1.O. The van der Waals surface area contributed by atoms with Crippen molar-refractivity contribution in [2.24, 2.45) is 34.5 Å². The van der Waals surface area contributed by atoms with E-state index in [1.54, 1.807) is 6.08 Å². The number of aliphatic hydroxyl groups excluding tert-OH is 2. The van der Waals surface area contributed by atoms with Gasteiger partial charge in [0.05, 0.1) is 11.7 Å². The summed E-state index contributed by atoms with van der Waals surface area (Å²) >= 11 is 0. The van der Waals surface area contributed by atoms with Crippen molar-refractivity contribution < 1.29 is 30.3 Å². The van der Waals surface area contributed by atoms with Crippen molar-refractivity contribution in [2.45, 2.75) is 76.4 Å². The Morgan fingerprint density at radius 1 is 1.10 bits per heavy atom. The van der Waals surface area contributed by atoms with Crippen LogP contribution >= 0.6 is 0 Å². The van der Waals surface area contributed by atoms with Gasteiger partial charge in [-0.15, -0.1) is 0 Å². The summed E-state index contributed by atoms with van der Waals surface area (Å²) in [6.45, 7) is 2.78. The lowest BCUT2D eigenvalue weighted by molar-refractivity contribution is -0.219. The van der Waals surface area contributed by atoms with Crippen molar-refractivity contribution >= 4 is 5.97 Å². The number of ether oxygens (including phenoxy) is 1. The topological polar surface area (TPSA) is 118 Å². The van der Waals surface area contributed by atoms with Crippen LogP contribution in [0.1, 0.15) is 64.7 Å². The minimum absolute atomic E-state index is 0. The third-order valence-corrected chi connectivity index (χ3v) is 9.95. The second-order valence-electron chi connectivity index (χ2n) is 10.6. The third kappa shape index (κ3) is 2.72. The van der Waals surface area contributed by atoms with Crippen LogP contribution in [-0.2, 0) is 9.53 Å². The lowest BCUT2D eigenvalue weighted by atomic mass is 9.43. The summed E-state index contributed by atoms with van der Waals surface area (Å²) in [6.07, 6.45) is 9.47. The molecular formula is C23H36O6. The van der Waals surface area contributed by atoms with Crippen LogP contribution < -0.4 is 0 Å². The molecule has 0 aromatic rings. The lowest BCUT2D eigenvalue weighted by Gasteiger charge is -2.64. The van der Waals surface area contributed by atoms with Crippen LogP contribution in [0.15, 0.2) is 11.6 Å². The first-order valence-corrected chi connectivity index (χ1v) is 11.2. The zero-order valence-corrected chi connectivity index (χ0v) is 17.4. The Kier molecular flexibility index (Phi) is 5.17. The third-order valence-electron chi connectivity index (χ3n) is 9.95. The Balaban J connectivity index is 0.00000205. The van der Waals surface area contributed by atoms with E-state index in [9.17, 15) is 20.1 Å². The molecule has 0 aromatic heterocycles. The van der Waals surface area contributed by atoms with E-state index in [0.717, 1.165) is 63.4 Å². The van der Waals surface area contributed by atoms with Crippen LogP contribution in [0.3, 0.4) is 0 Å². The van der Waals surface area contributed by atoms with E-state index in [1.807, 2.05) is 0 Å². The van der Waals surface area contributed by atoms with Crippen LogP contribution in [0.25, 0.3) is 0 Å². The Morgan fingerprint density at radius 3 is 2.59 bits per heavy atom. The minimum Gasteiger partial charge on any atom is -0.458 e. The molecular weight excluding hydrogens is 372 g/mol. The van der Waals surface area contributed by atoms with Crippen molar-refractivity contribution in [2.75, 3.05) is 13.2 Å². The molecule has 0 spiro atoms. The Bertz CT molecular complexity index is 705. The second kappa shape index (κ2) is 7.04. The number of esters is 1. The number of carbonyl (C=O) groups is 1. The van der Waals surface area contributed by atoms with E-state index in [2.05, 4.69) is 6.92 Å². The van der Waals surface area contributed by atoms with Crippen molar-refractivity contribution in [3.05, 3.63) is 11.6 Å². The monoisotopic (exact) mass is 408 g/mol. The van der Waals surface area contributed by atoms with Gasteiger partial charge in [0.25, 0.3) is 0 Å².